The summed E-state index contributed by atoms with van der Waals surface area (Å²) >= 11 is 1.77. The average Bonchev–Trinajstić information content (AvgIpc) is 3.72. The molecule has 6 heteroatoms. The van der Waals surface area contributed by atoms with Gasteiger partial charge in [-0.1, -0.05) is 97.1 Å². The van der Waals surface area contributed by atoms with Crippen LogP contribution in [0.15, 0.2) is 150 Å². The third kappa shape index (κ3) is 4.24. The molecule has 0 saturated heterocycles. The zero-order valence-electron chi connectivity index (χ0n) is 25.5. The molecule has 0 atom stereocenters. The van der Waals surface area contributed by atoms with Gasteiger partial charge in [-0.25, -0.2) is 15.0 Å². The lowest BCUT2D eigenvalue weighted by molar-refractivity contribution is 0.670. The van der Waals surface area contributed by atoms with Crippen molar-refractivity contribution in [1.82, 2.24) is 19.9 Å². The Balaban J connectivity index is 1.29. The fourth-order valence-electron chi connectivity index (χ4n) is 6.73. The normalized spacial score (nSPS) is 11.8. The van der Waals surface area contributed by atoms with Gasteiger partial charge in [0.1, 0.15) is 11.2 Å². The molecule has 0 N–H and O–H groups in total. The molecule has 0 saturated carbocycles. The van der Waals surface area contributed by atoms with Gasteiger partial charge in [0.15, 0.2) is 17.5 Å². The van der Waals surface area contributed by atoms with E-state index in [0.29, 0.717) is 17.5 Å². The van der Waals surface area contributed by atoms with Crippen LogP contribution >= 0.6 is 11.3 Å². The molecule has 4 aromatic heterocycles. The summed E-state index contributed by atoms with van der Waals surface area (Å²) < 4.78 is 9.13. The predicted molar refractivity (Wildman–Crippen MR) is 197 cm³/mol. The zero-order valence-corrected chi connectivity index (χ0v) is 26.3. The van der Waals surface area contributed by atoms with E-state index in [1.54, 1.807) is 11.3 Å². The fourth-order valence-corrected chi connectivity index (χ4v) is 7.94. The standard InChI is InChI=1S/C42H24N4OS/c1-3-11-25(12-4-1)28-20-21-31(37-33-24-34-27(15-10-22-43-34)23-35(33)47-38(28)37)41-44-40(26-13-5-2-6-14-26)45-42(46-41)32-18-9-17-30-29-16-7-8-19-36(29)48-39(30)32/h1-24H. The lowest BCUT2D eigenvalue weighted by Gasteiger charge is -2.11. The van der Waals surface area contributed by atoms with Crippen LogP contribution in [0.25, 0.3) is 98.3 Å². The summed E-state index contributed by atoms with van der Waals surface area (Å²) in [5.41, 5.74) is 7.36. The number of hydrogen-bond acceptors (Lipinski definition) is 6. The molecule has 0 bridgehead atoms. The van der Waals surface area contributed by atoms with Gasteiger partial charge in [-0.05, 0) is 48.0 Å². The average molecular weight is 633 g/mol. The van der Waals surface area contributed by atoms with Gasteiger partial charge in [-0.15, -0.1) is 11.3 Å². The number of fused-ring (bicyclic) bond motifs is 7. The highest BCUT2D eigenvalue weighted by Crippen LogP contribution is 2.43. The first kappa shape index (κ1) is 26.9. The van der Waals surface area contributed by atoms with Gasteiger partial charge in [0, 0.05) is 64.8 Å². The van der Waals surface area contributed by atoms with Gasteiger partial charge in [0.05, 0.1) is 5.52 Å². The summed E-state index contributed by atoms with van der Waals surface area (Å²) in [6.07, 6.45) is 1.83. The number of benzene rings is 6. The van der Waals surface area contributed by atoms with Crippen LogP contribution in [-0.4, -0.2) is 19.9 Å². The van der Waals surface area contributed by atoms with Gasteiger partial charge in [0.2, 0.25) is 0 Å². The molecular formula is C42H24N4OS. The van der Waals surface area contributed by atoms with Gasteiger partial charge >= 0.3 is 0 Å². The van der Waals surface area contributed by atoms with Crippen molar-refractivity contribution in [2.75, 3.05) is 0 Å². The molecule has 0 aliphatic heterocycles. The van der Waals surface area contributed by atoms with Gasteiger partial charge in [-0.3, -0.25) is 4.98 Å². The van der Waals surface area contributed by atoms with E-state index in [9.17, 15) is 0 Å². The molecule has 0 radical (unpaired) electrons. The van der Waals surface area contributed by atoms with Crippen molar-refractivity contribution in [2.45, 2.75) is 0 Å². The molecule has 6 aromatic carbocycles. The molecule has 224 valence electrons. The lowest BCUT2D eigenvalue weighted by Crippen LogP contribution is -2.00. The topological polar surface area (TPSA) is 64.7 Å². The van der Waals surface area contributed by atoms with Crippen LogP contribution in [0, 0.1) is 0 Å². The van der Waals surface area contributed by atoms with Crippen LogP contribution in [0.5, 0.6) is 0 Å². The summed E-state index contributed by atoms with van der Waals surface area (Å²) in [7, 11) is 0. The highest BCUT2D eigenvalue weighted by atomic mass is 32.1. The Morgan fingerprint density at radius 2 is 1.21 bits per heavy atom. The number of hydrogen-bond donors (Lipinski definition) is 0. The molecule has 0 spiro atoms. The van der Waals surface area contributed by atoms with E-state index < -0.39 is 0 Å². The number of thiophene rings is 1. The van der Waals surface area contributed by atoms with Crippen molar-refractivity contribution < 1.29 is 4.42 Å². The van der Waals surface area contributed by atoms with Crippen molar-refractivity contribution in [3.8, 4) is 45.3 Å². The quantitative estimate of drug-likeness (QED) is 0.193. The van der Waals surface area contributed by atoms with Crippen LogP contribution in [0.1, 0.15) is 0 Å². The lowest BCUT2D eigenvalue weighted by atomic mass is 9.97. The maximum absolute atomic E-state index is 6.73. The van der Waals surface area contributed by atoms with Crippen LogP contribution < -0.4 is 0 Å². The first-order chi connectivity index (χ1) is 23.8. The molecule has 0 aliphatic rings. The molecule has 48 heavy (non-hydrogen) atoms. The summed E-state index contributed by atoms with van der Waals surface area (Å²) in [4.78, 5) is 20.2. The summed E-state index contributed by atoms with van der Waals surface area (Å²) in [5.74, 6) is 1.84. The Kier molecular flexibility index (Phi) is 5.98. The predicted octanol–water partition coefficient (Wildman–Crippen LogP) is 11.4. The molecule has 0 amide bonds. The largest absolute Gasteiger partial charge is 0.455 e. The SMILES string of the molecule is c1ccc(-c2nc(-c3cccc4c3sc3ccccc34)nc(-c3ccc(-c4ccccc4)c4oc5cc6cccnc6cc5c34)n2)cc1. The van der Waals surface area contributed by atoms with E-state index in [1.165, 1.54) is 15.5 Å². The molecule has 0 fully saturated rings. The van der Waals surface area contributed by atoms with Crippen LogP contribution in [-0.2, 0) is 0 Å². The van der Waals surface area contributed by atoms with Crippen molar-refractivity contribution in [2.24, 2.45) is 0 Å². The number of rotatable bonds is 4. The van der Waals surface area contributed by atoms with E-state index in [0.717, 1.165) is 65.4 Å². The second kappa shape index (κ2) is 10.7. The number of pyridine rings is 1. The number of nitrogens with zero attached hydrogens (tertiary/aromatic N) is 4. The molecular weight excluding hydrogens is 609 g/mol. The third-order valence-electron chi connectivity index (χ3n) is 8.98. The van der Waals surface area contributed by atoms with Crippen LogP contribution in [0.4, 0.5) is 0 Å². The van der Waals surface area contributed by atoms with Crippen molar-refractivity contribution in [1.29, 1.82) is 0 Å². The van der Waals surface area contributed by atoms with E-state index in [2.05, 4.69) is 102 Å². The Morgan fingerprint density at radius 1 is 0.500 bits per heavy atom. The fraction of sp³-hybridized carbons (Fsp3) is 0. The minimum Gasteiger partial charge on any atom is -0.455 e. The van der Waals surface area contributed by atoms with Gasteiger partial charge < -0.3 is 4.42 Å². The van der Waals surface area contributed by atoms with E-state index >= 15 is 0 Å². The van der Waals surface area contributed by atoms with E-state index in [-0.39, 0.29) is 0 Å². The van der Waals surface area contributed by atoms with Crippen LogP contribution in [0.2, 0.25) is 0 Å². The first-order valence-corrected chi connectivity index (χ1v) is 16.6. The maximum atomic E-state index is 6.73. The molecule has 5 nitrogen and oxygen atoms in total. The van der Waals surface area contributed by atoms with Crippen molar-refractivity contribution in [3.05, 3.63) is 146 Å². The van der Waals surface area contributed by atoms with Crippen molar-refractivity contribution >= 4 is 64.4 Å². The highest BCUT2D eigenvalue weighted by Gasteiger charge is 2.22. The molecule has 4 heterocycles. The van der Waals surface area contributed by atoms with E-state index in [1.807, 2.05) is 48.7 Å². The third-order valence-corrected chi connectivity index (χ3v) is 10.2. The number of aromatic nitrogens is 4. The van der Waals surface area contributed by atoms with Crippen LogP contribution in [0.3, 0.4) is 0 Å². The smallest absolute Gasteiger partial charge is 0.165 e. The Morgan fingerprint density at radius 3 is 2.06 bits per heavy atom. The second-order valence-electron chi connectivity index (χ2n) is 11.8. The zero-order chi connectivity index (χ0) is 31.6. The first-order valence-electron chi connectivity index (χ1n) is 15.8. The maximum Gasteiger partial charge on any atom is 0.165 e. The molecule has 0 aliphatic carbocycles. The highest BCUT2D eigenvalue weighted by molar-refractivity contribution is 7.26. The Labute approximate surface area is 278 Å². The Bertz CT molecular complexity index is 2840. The van der Waals surface area contributed by atoms with Gasteiger partial charge in [-0.2, -0.15) is 0 Å². The molecule has 10 aromatic rings. The van der Waals surface area contributed by atoms with Crippen molar-refractivity contribution in [3.63, 3.8) is 0 Å². The monoisotopic (exact) mass is 632 g/mol. The second-order valence-corrected chi connectivity index (χ2v) is 12.9. The minimum atomic E-state index is 0.588. The summed E-state index contributed by atoms with van der Waals surface area (Å²) in [5, 5.41) is 5.39. The summed E-state index contributed by atoms with van der Waals surface area (Å²) in [6.45, 7) is 0. The minimum absolute atomic E-state index is 0.588. The Hall–Kier alpha value is -6.24. The van der Waals surface area contributed by atoms with E-state index in [4.69, 9.17) is 19.4 Å². The van der Waals surface area contributed by atoms with Gasteiger partial charge in [0.25, 0.3) is 0 Å². The summed E-state index contributed by atoms with van der Waals surface area (Å²) in [6, 6.07) is 47.8. The molecule has 0 unspecified atom stereocenters. The molecule has 10 rings (SSSR count). The number of furan rings is 1.